The maximum Gasteiger partial charge on any atom is 0.251 e. The van der Waals surface area contributed by atoms with E-state index in [-0.39, 0.29) is 11.5 Å². The molecule has 1 aromatic carbocycles. The van der Waals surface area contributed by atoms with Crippen LogP contribution in [0.4, 0.5) is 10.1 Å². The van der Waals surface area contributed by atoms with Crippen molar-refractivity contribution in [2.75, 3.05) is 11.9 Å². The van der Waals surface area contributed by atoms with Crippen LogP contribution in [0.3, 0.4) is 0 Å². The molecule has 19 heavy (non-hydrogen) atoms. The maximum absolute atomic E-state index is 13.2. The standard InChI is InChI=1S/C13H18FN3O2/c14-11-6-5-9(8-10(11)13(16)19)17-12(18)4-2-1-3-7-15/h5-6,8H,1-4,7,15H2,(H2,16,19)(H,17,18). The van der Waals surface area contributed by atoms with Gasteiger partial charge in [0.25, 0.3) is 5.91 Å². The van der Waals surface area contributed by atoms with E-state index in [0.717, 1.165) is 25.3 Å². The van der Waals surface area contributed by atoms with E-state index >= 15 is 0 Å². The number of benzene rings is 1. The summed E-state index contributed by atoms with van der Waals surface area (Å²) in [6, 6.07) is 3.72. The highest BCUT2D eigenvalue weighted by Crippen LogP contribution is 2.15. The van der Waals surface area contributed by atoms with Crippen LogP contribution < -0.4 is 16.8 Å². The lowest BCUT2D eigenvalue weighted by atomic mass is 10.1. The van der Waals surface area contributed by atoms with Crippen LogP contribution in [0.15, 0.2) is 18.2 Å². The molecule has 1 aromatic rings. The lowest BCUT2D eigenvalue weighted by molar-refractivity contribution is -0.116. The molecular formula is C13H18FN3O2. The molecule has 6 heteroatoms. The number of hydrogen-bond donors (Lipinski definition) is 3. The van der Waals surface area contributed by atoms with E-state index in [9.17, 15) is 14.0 Å². The Hall–Kier alpha value is -1.95. The first kappa shape index (κ1) is 15.1. The first-order chi connectivity index (χ1) is 9.04. The van der Waals surface area contributed by atoms with Crippen LogP contribution in [0.5, 0.6) is 0 Å². The zero-order valence-electron chi connectivity index (χ0n) is 10.6. The van der Waals surface area contributed by atoms with Crippen LogP contribution in [0.1, 0.15) is 36.0 Å². The number of carbonyl (C=O) groups excluding carboxylic acids is 2. The fraction of sp³-hybridized carbons (Fsp3) is 0.385. The molecule has 0 fully saturated rings. The van der Waals surface area contributed by atoms with E-state index < -0.39 is 11.7 Å². The molecule has 5 N–H and O–H groups in total. The van der Waals surface area contributed by atoms with E-state index in [4.69, 9.17) is 11.5 Å². The van der Waals surface area contributed by atoms with Crippen molar-refractivity contribution in [3.63, 3.8) is 0 Å². The van der Waals surface area contributed by atoms with Crippen molar-refractivity contribution in [1.82, 2.24) is 0 Å². The Kier molecular flexibility index (Phi) is 5.95. The number of rotatable bonds is 7. The number of anilines is 1. The minimum atomic E-state index is -0.864. The van der Waals surface area contributed by atoms with Gasteiger partial charge < -0.3 is 16.8 Å². The predicted molar refractivity (Wildman–Crippen MR) is 71.1 cm³/mol. The largest absolute Gasteiger partial charge is 0.366 e. The van der Waals surface area contributed by atoms with Crippen molar-refractivity contribution in [3.05, 3.63) is 29.6 Å². The summed E-state index contributed by atoms with van der Waals surface area (Å²) in [5.41, 5.74) is 10.5. The summed E-state index contributed by atoms with van der Waals surface area (Å²) in [4.78, 5) is 22.6. The van der Waals surface area contributed by atoms with Crippen molar-refractivity contribution in [2.45, 2.75) is 25.7 Å². The van der Waals surface area contributed by atoms with E-state index in [1.807, 2.05) is 0 Å². The summed E-state index contributed by atoms with van der Waals surface area (Å²) in [6.07, 6.45) is 2.88. The average molecular weight is 267 g/mol. The predicted octanol–water partition coefficient (Wildman–Crippen LogP) is 1.38. The molecule has 1 rings (SSSR count). The number of carbonyl (C=O) groups is 2. The summed E-state index contributed by atoms with van der Waals surface area (Å²) >= 11 is 0. The molecule has 0 heterocycles. The van der Waals surface area contributed by atoms with Crippen LogP contribution in [-0.2, 0) is 4.79 Å². The minimum absolute atomic E-state index is 0.181. The summed E-state index contributed by atoms with van der Waals surface area (Å²) in [6.45, 7) is 0.613. The van der Waals surface area contributed by atoms with Crippen molar-refractivity contribution in [2.24, 2.45) is 11.5 Å². The Balaban J connectivity index is 2.55. The summed E-state index contributed by atoms with van der Waals surface area (Å²) in [7, 11) is 0. The van der Waals surface area contributed by atoms with Gasteiger partial charge in [-0.3, -0.25) is 9.59 Å². The number of primary amides is 1. The second kappa shape index (κ2) is 7.48. The third kappa shape index (κ3) is 5.05. The van der Waals surface area contributed by atoms with Gasteiger partial charge in [-0.15, -0.1) is 0 Å². The Morgan fingerprint density at radius 2 is 1.95 bits per heavy atom. The Morgan fingerprint density at radius 3 is 2.58 bits per heavy atom. The molecule has 0 atom stereocenters. The van der Waals surface area contributed by atoms with Crippen LogP contribution in [-0.4, -0.2) is 18.4 Å². The van der Waals surface area contributed by atoms with Gasteiger partial charge in [0.05, 0.1) is 5.56 Å². The van der Waals surface area contributed by atoms with Crippen LogP contribution >= 0.6 is 0 Å². The van der Waals surface area contributed by atoms with Gasteiger partial charge in [0.15, 0.2) is 0 Å². The fourth-order valence-electron chi connectivity index (χ4n) is 1.62. The first-order valence-corrected chi connectivity index (χ1v) is 6.14. The lowest BCUT2D eigenvalue weighted by Gasteiger charge is -2.07. The molecule has 2 amide bonds. The summed E-state index contributed by atoms with van der Waals surface area (Å²) in [5.74, 6) is -1.75. The molecule has 0 radical (unpaired) electrons. The van der Waals surface area contributed by atoms with Crippen LogP contribution in [0.25, 0.3) is 0 Å². The molecule has 5 nitrogen and oxygen atoms in total. The molecule has 0 aromatic heterocycles. The van der Waals surface area contributed by atoms with Gasteiger partial charge in [-0.2, -0.15) is 0 Å². The van der Waals surface area contributed by atoms with E-state index in [2.05, 4.69) is 5.32 Å². The molecule has 0 aliphatic heterocycles. The van der Waals surface area contributed by atoms with Crippen LogP contribution in [0.2, 0.25) is 0 Å². The normalized spacial score (nSPS) is 10.2. The van der Waals surface area contributed by atoms with Gasteiger partial charge in [0.1, 0.15) is 5.82 Å². The summed E-state index contributed by atoms with van der Waals surface area (Å²) < 4.78 is 13.2. The lowest BCUT2D eigenvalue weighted by Crippen LogP contribution is -2.15. The number of amides is 2. The maximum atomic E-state index is 13.2. The van der Waals surface area contributed by atoms with Gasteiger partial charge in [-0.05, 0) is 37.6 Å². The summed E-state index contributed by atoms with van der Waals surface area (Å²) in [5, 5.41) is 2.60. The fourth-order valence-corrected chi connectivity index (χ4v) is 1.62. The Morgan fingerprint density at radius 1 is 1.21 bits per heavy atom. The number of nitrogens with two attached hydrogens (primary N) is 2. The topological polar surface area (TPSA) is 98.2 Å². The smallest absolute Gasteiger partial charge is 0.251 e. The van der Waals surface area contributed by atoms with Crippen molar-refractivity contribution < 1.29 is 14.0 Å². The number of hydrogen-bond acceptors (Lipinski definition) is 3. The Labute approximate surface area is 111 Å². The molecule has 0 spiro atoms. The second-order valence-electron chi connectivity index (χ2n) is 4.21. The molecule has 0 saturated heterocycles. The van der Waals surface area contributed by atoms with Gasteiger partial charge in [-0.25, -0.2) is 4.39 Å². The van der Waals surface area contributed by atoms with Gasteiger partial charge in [0, 0.05) is 12.1 Å². The van der Waals surface area contributed by atoms with Gasteiger partial charge in [-0.1, -0.05) is 6.42 Å². The molecule has 0 aliphatic rings. The molecule has 0 saturated carbocycles. The minimum Gasteiger partial charge on any atom is -0.366 e. The van der Waals surface area contributed by atoms with E-state index in [1.54, 1.807) is 0 Å². The zero-order valence-corrected chi connectivity index (χ0v) is 10.6. The molecular weight excluding hydrogens is 249 g/mol. The SMILES string of the molecule is NCCCCCC(=O)Nc1ccc(F)c(C(N)=O)c1. The molecule has 0 aliphatic carbocycles. The zero-order chi connectivity index (χ0) is 14.3. The third-order valence-electron chi connectivity index (χ3n) is 2.62. The van der Waals surface area contributed by atoms with Gasteiger partial charge >= 0.3 is 0 Å². The van der Waals surface area contributed by atoms with Crippen molar-refractivity contribution in [3.8, 4) is 0 Å². The third-order valence-corrected chi connectivity index (χ3v) is 2.62. The highest BCUT2D eigenvalue weighted by Gasteiger charge is 2.10. The quantitative estimate of drug-likeness (QED) is 0.651. The first-order valence-electron chi connectivity index (χ1n) is 6.14. The van der Waals surface area contributed by atoms with Crippen molar-refractivity contribution in [1.29, 1.82) is 0 Å². The van der Waals surface area contributed by atoms with Gasteiger partial charge in [0.2, 0.25) is 5.91 Å². The highest BCUT2D eigenvalue weighted by atomic mass is 19.1. The monoisotopic (exact) mass is 267 g/mol. The number of nitrogens with one attached hydrogen (secondary N) is 1. The van der Waals surface area contributed by atoms with E-state index in [0.29, 0.717) is 18.7 Å². The number of halogens is 1. The Bertz CT molecular complexity index is 463. The number of unbranched alkanes of at least 4 members (excludes halogenated alkanes) is 2. The second-order valence-corrected chi connectivity index (χ2v) is 4.21. The molecule has 0 bridgehead atoms. The molecule has 104 valence electrons. The average Bonchev–Trinajstić information content (AvgIpc) is 2.36. The van der Waals surface area contributed by atoms with E-state index in [1.165, 1.54) is 12.1 Å². The van der Waals surface area contributed by atoms with Crippen LogP contribution in [0, 0.1) is 5.82 Å². The van der Waals surface area contributed by atoms with Crippen molar-refractivity contribution >= 4 is 17.5 Å². The molecule has 0 unspecified atom stereocenters. The highest BCUT2D eigenvalue weighted by molar-refractivity contribution is 5.96.